The zero-order chi connectivity index (χ0) is 17.9. The van der Waals surface area contributed by atoms with E-state index in [2.05, 4.69) is 15.7 Å². The number of benzene rings is 1. The lowest BCUT2D eigenvalue weighted by Crippen LogP contribution is -2.45. The summed E-state index contributed by atoms with van der Waals surface area (Å²) < 4.78 is 8.36. The van der Waals surface area contributed by atoms with Crippen LogP contribution in [0.5, 0.6) is 0 Å². The highest BCUT2D eigenvalue weighted by Gasteiger charge is 2.21. The van der Waals surface area contributed by atoms with Crippen molar-refractivity contribution >= 4 is 17.2 Å². The fourth-order valence-corrected chi connectivity index (χ4v) is 2.95. The minimum Gasteiger partial charge on any atom is -0.366 e. The SMILES string of the molecule is O=C(Nc1cccc(Cn2nc3ccccn3c2=O)c1)C1CNCCO1. The van der Waals surface area contributed by atoms with Crippen LogP contribution >= 0.6 is 0 Å². The van der Waals surface area contributed by atoms with Crippen LogP contribution in [0.25, 0.3) is 5.65 Å². The molecular formula is C18H19N5O3. The molecule has 3 heterocycles. The first kappa shape index (κ1) is 16.5. The van der Waals surface area contributed by atoms with Crippen LogP contribution in [0, 0.1) is 0 Å². The van der Waals surface area contributed by atoms with Gasteiger partial charge in [0, 0.05) is 25.0 Å². The van der Waals surface area contributed by atoms with E-state index in [1.54, 1.807) is 18.3 Å². The van der Waals surface area contributed by atoms with Crippen LogP contribution in [0.1, 0.15) is 5.56 Å². The van der Waals surface area contributed by atoms with Crippen LogP contribution in [0.15, 0.2) is 53.5 Å². The molecule has 2 aromatic heterocycles. The Hall–Kier alpha value is -2.97. The third kappa shape index (κ3) is 3.37. The largest absolute Gasteiger partial charge is 0.366 e. The molecule has 1 unspecified atom stereocenters. The predicted octanol–water partition coefficient (Wildman–Crippen LogP) is 0.471. The Labute approximate surface area is 149 Å². The van der Waals surface area contributed by atoms with E-state index in [9.17, 15) is 9.59 Å². The number of ether oxygens (including phenoxy) is 1. The van der Waals surface area contributed by atoms with Gasteiger partial charge in [0.05, 0.1) is 13.2 Å². The first-order chi connectivity index (χ1) is 12.7. The maximum Gasteiger partial charge on any atom is 0.350 e. The summed E-state index contributed by atoms with van der Waals surface area (Å²) in [5, 5.41) is 10.3. The Morgan fingerprint density at radius 3 is 3.04 bits per heavy atom. The Kier molecular flexibility index (Phi) is 4.51. The van der Waals surface area contributed by atoms with E-state index < -0.39 is 6.10 Å². The van der Waals surface area contributed by atoms with E-state index in [0.717, 1.165) is 12.1 Å². The van der Waals surface area contributed by atoms with Gasteiger partial charge in [0.1, 0.15) is 6.10 Å². The molecular weight excluding hydrogens is 334 g/mol. The van der Waals surface area contributed by atoms with Gasteiger partial charge in [0.25, 0.3) is 5.91 Å². The van der Waals surface area contributed by atoms with Crippen molar-refractivity contribution in [1.29, 1.82) is 0 Å². The lowest BCUT2D eigenvalue weighted by Gasteiger charge is -2.22. The Bertz CT molecular complexity index is 988. The van der Waals surface area contributed by atoms with Crippen LogP contribution < -0.4 is 16.3 Å². The molecule has 0 spiro atoms. The normalized spacial score (nSPS) is 17.3. The number of carbonyl (C=O) groups excluding carboxylic acids is 1. The zero-order valence-corrected chi connectivity index (χ0v) is 14.1. The van der Waals surface area contributed by atoms with Crippen molar-refractivity contribution < 1.29 is 9.53 Å². The summed E-state index contributed by atoms with van der Waals surface area (Å²) in [6.45, 7) is 2.11. The number of nitrogens with one attached hydrogen (secondary N) is 2. The number of aromatic nitrogens is 3. The number of nitrogens with zero attached hydrogens (tertiary/aromatic N) is 3. The molecule has 1 aromatic carbocycles. The smallest absolute Gasteiger partial charge is 0.350 e. The molecule has 4 rings (SSSR count). The molecule has 1 aliphatic heterocycles. The number of hydrogen-bond acceptors (Lipinski definition) is 5. The maximum absolute atomic E-state index is 12.4. The summed E-state index contributed by atoms with van der Waals surface area (Å²) >= 11 is 0. The zero-order valence-electron chi connectivity index (χ0n) is 14.1. The van der Waals surface area contributed by atoms with E-state index in [0.29, 0.717) is 31.0 Å². The van der Waals surface area contributed by atoms with Crippen LogP contribution in [0.2, 0.25) is 0 Å². The van der Waals surface area contributed by atoms with Gasteiger partial charge in [-0.25, -0.2) is 9.48 Å². The highest BCUT2D eigenvalue weighted by atomic mass is 16.5. The highest BCUT2D eigenvalue weighted by Crippen LogP contribution is 2.13. The third-order valence-corrected chi connectivity index (χ3v) is 4.24. The van der Waals surface area contributed by atoms with Crippen LogP contribution in [0.4, 0.5) is 5.69 Å². The summed E-state index contributed by atoms with van der Waals surface area (Å²) in [5.41, 5.74) is 1.94. The monoisotopic (exact) mass is 353 g/mol. The van der Waals surface area contributed by atoms with Gasteiger partial charge >= 0.3 is 5.69 Å². The lowest BCUT2D eigenvalue weighted by atomic mass is 10.2. The number of amides is 1. The number of hydrogen-bond donors (Lipinski definition) is 2. The highest BCUT2D eigenvalue weighted by molar-refractivity contribution is 5.94. The van der Waals surface area contributed by atoms with E-state index in [1.807, 2.05) is 30.3 Å². The van der Waals surface area contributed by atoms with Crippen LogP contribution in [0.3, 0.4) is 0 Å². The summed E-state index contributed by atoms with van der Waals surface area (Å²) in [6.07, 6.45) is 1.20. The molecule has 26 heavy (non-hydrogen) atoms. The van der Waals surface area contributed by atoms with E-state index in [4.69, 9.17) is 4.74 Å². The van der Waals surface area contributed by atoms with Crippen molar-refractivity contribution in [2.24, 2.45) is 0 Å². The number of carbonyl (C=O) groups is 1. The molecule has 8 heteroatoms. The van der Waals surface area contributed by atoms with Crippen molar-refractivity contribution in [2.45, 2.75) is 12.6 Å². The lowest BCUT2D eigenvalue weighted by molar-refractivity contribution is -0.128. The summed E-state index contributed by atoms with van der Waals surface area (Å²) in [4.78, 5) is 24.6. The van der Waals surface area contributed by atoms with Gasteiger partial charge in [-0.15, -0.1) is 5.10 Å². The Morgan fingerprint density at radius 1 is 1.31 bits per heavy atom. The fourth-order valence-electron chi connectivity index (χ4n) is 2.95. The van der Waals surface area contributed by atoms with E-state index in [1.165, 1.54) is 9.08 Å². The number of anilines is 1. The van der Waals surface area contributed by atoms with Gasteiger partial charge in [-0.2, -0.15) is 0 Å². The molecule has 0 aliphatic carbocycles. The van der Waals surface area contributed by atoms with Gasteiger partial charge < -0.3 is 15.4 Å². The predicted molar refractivity (Wildman–Crippen MR) is 96.2 cm³/mol. The molecule has 2 N–H and O–H groups in total. The van der Waals surface area contributed by atoms with E-state index in [-0.39, 0.29) is 11.6 Å². The fraction of sp³-hybridized carbons (Fsp3) is 0.278. The molecule has 3 aromatic rings. The molecule has 1 atom stereocenters. The minimum absolute atomic E-state index is 0.181. The number of fused-ring (bicyclic) bond motifs is 1. The summed E-state index contributed by atoms with van der Waals surface area (Å²) in [7, 11) is 0. The molecule has 1 amide bonds. The van der Waals surface area contributed by atoms with Gasteiger partial charge in [-0.1, -0.05) is 18.2 Å². The van der Waals surface area contributed by atoms with Gasteiger partial charge in [0.15, 0.2) is 5.65 Å². The molecule has 134 valence electrons. The number of morpholine rings is 1. The number of rotatable bonds is 4. The van der Waals surface area contributed by atoms with Gasteiger partial charge in [0.2, 0.25) is 0 Å². The van der Waals surface area contributed by atoms with Crippen molar-refractivity contribution in [2.75, 3.05) is 25.0 Å². The van der Waals surface area contributed by atoms with Gasteiger partial charge in [-0.05, 0) is 29.8 Å². The average Bonchev–Trinajstić information content (AvgIpc) is 2.99. The second-order valence-electron chi connectivity index (χ2n) is 6.12. The van der Waals surface area contributed by atoms with Crippen molar-refractivity contribution in [1.82, 2.24) is 19.5 Å². The summed E-state index contributed by atoms with van der Waals surface area (Å²) in [6, 6.07) is 12.8. The Balaban J connectivity index is 1.51. The topological polar surface area (TPSA) is 89.7 Å². The standard InChI is InChI=1S/C18H19N5O3/c24-17(15-11-19-7-9-26-15)20-14-5-3-4-13(10-14)12-23-18(25)22-8-2-1-6-16(22)21-23/h1-6,8,10,15,19H,7,9,11-12H2,(H,20,24). The second kappa shape index (κ2) is 7.11. The maximum atomic E-state index is 12.4. The third-order valence-electron chi connectivity index (χ3n) is 4.24. The average molecular weight is 353 g/mol. The molecule has 1 aliphatic rings. The van der Waals surface area contributed by atoms with Crippen LogP contribution in [-0.2, 0) is 16.1 Å². The first-order valence-corrected chi connectivity index (χ1v) is 8.47. The molecule has 8 nitrogen and oxygen atoms in total. The molecule has 1 fully saturated rings. The second-order valence-corrected chi connectivity index (χ2v) is 6.12. The van der Waals surface area contributed by atoms with Crippen LogP contribution in [-0.4, -0.2) is 45.9 Å². The quantitative estimate of drug-likeness (QED) is 0.712. The van der Waals surface area contributed by atoms with Crippen molar-refractivity contribution in [3.05, 3.63) is 64.7 Å². The molecule has 0 saturated carbocycles. The van der Waals surface area contributed by atoms with Crippen molar-refractivity contribution in [3.8, 4) is 0 Å². The Morgan fingerprint density at radius 2 is 2.23 bits per heavy atom. The van der Waals surface area contributed by atoms with Gasteiger partial charge in [-0.3, -0.25) is 9.20 Å². The van der Waals surface area contributed by atoms with Crippen molar-refractivity contribution in [3.63, 3.8) is 0 Å². The van der Waals surface area contributed by atoms with E-state index >= 15 is 0 Å². The number of pyridine rings is 1. The molecule has 0 radical (unpaired) electrons. The summed E-state index contributed by atoms with van der Waals surface area (Å²) in [5.74, 6) is -0.181. The first-order valence-electron chi connectivity index (χ1n) is 8.47. The molecule has 1 saturated heterocycles. The minimum atomic E-state index is -0.492. The molecule has 0 bridgehead atoms.